The van der Waals surface area contributed by atoms with Crippen LogP contribution in [0.2, 0.25) is 0 Å². The zero-order valence-electron chi connectivity index (χ0n) is 11.9. The molecule has 0 aliphatic carbocycles. The molecule has 1 aliphatic heterocycles. The number of carbonyl (C=O) groups excluding carboxylic acids is 1. The van der Waals surface area contributed by atoms with Gasteiger partial charge in [-0.1, -0.05) is 19.1 Å². The third-order valence-corrected chi connectivity index (χ3v) is 4.27. The number of nitrogens with zero attached hydrogens (tertiary/aromatic N) is 1. The highest BCUT2D eigenvalue weighted by Crippen LogP contribution is 2.27. The summed E-state index contributed by atoms with van der Waals surface area (Å²) in [5.74, 6) is 0.889. The zero-order chi connectivity index (χ0) is 14.5. The maximum absolute atomic E-state index is 13.4. The number of amides is 1. The van der Waals surface area contributed by atoms with Crippen molar-refractivity contribution < 1.29 is 9.18 Å². The van der Waals surface area contributed by atoms with Gasteiger partial charge in [0.2, 0.25) is 5.91 Å². The van der Waals surface area contributed by atoms with Crippen molar-refractivity contribution in [3.63, 3.8) is 0 Å². The van der Waals surface area contributed by atoms with Crippen molar-refractivity contribution in [3.05, 3.63) is 35.6 Å². The molecular formula is C15H21FN2OS. The highest BCUT2D eigenvalue weighted by atomic mass is 32.2. The second kappa shape index (κ2) is 7.09. The first kappa shape index (κ1) is 15.3. The van der Waals surface area contributed by atoms with E-state index in [1.165, 1.54) is 12.1 Å². The van der Waals surface area contributed by atoms with Crippen molar-refractivity contribution in [3.8, 4) is 0 Å². The number of halogens is 1. The van der Waals surface area contributed by atoms with Gasteiger partial charge in [0.05, 0.1) is 6.04 Å². The number of carbonyl (C=O) groups is 1. The molecule has 1 saturated heterocycles. The highest BCUT2D eigenvalue weighted by Gasteiger charge is 2.38. The third-order valence-electron chi connectivity index (χ3n) is 3.57. The fourth-order valence-corrected chi connectivity index (χ4v) is 2.96. The predicted molar refractivity (Wildman–Crippen MR) is 81.1 cm³/mol. The molecule has 20 heavy (non-hydrogen) atoms. The minimum Gasteiger partial charge on any atom is -0.322 e. The lowest BCUT2D eigenvalue weighted by atomic mass is 10.1. The molecule has 3 nitrogen and oxygen atoms in total. The van der Waals surface area contributed by atoms with Crippen LogP contribution < -0.4 is 5.32 Å². The molecule has 2 unspecified atom stereocenters. The molecule has 1 aromatic carbocycles. The lowest BCUT2D eigenvalue weighted by Gasteiger charge is -2.24. The Labute approximate surface area is 123 Å². The molecule has 0 bridgehead atoms. The minimum atomic E-state index is -0.263. The van der Waals surface area contributed by atoms with Gasteiger partial charge < -0.3 is 4.90 Å². The Bertz CT molecular complexity index is 469. The van der Waals surface area contributed by atoms with Crippen LogP contribution in [0.1, 0.15) is 31.5 Å². The molecule has 0 saturated carbocycles. The summed E-state index contributed by atoms with van der Waals surface area (Å²) < 4.78 is 13.4. The summed E-state index contributed by atoms with van der Waals surface area (Å²) >= 11 is 1.77. The lowest BCUT2D eigenvalue weighted by molar-refractivity contribution is -0.130. The molecule has 1 N–H and O–H groups in total. The summed E-state index contributed by atoms with van der Waals surface area (Å²) in [5, 5.41) is 3.31. The number of thioether (sulfide) groups is 1. The minimum absolute atomic E-state index is 0.128. The fourth-order valence-electron chi connectivity index (χ4n) is 2.54. The molecule has 5 heteroatoms. The maximum Gasteiger partial charge on any atom is 0.241 e. The topological polar surface area (TPSA) is 32.3 Å². The van der Waals surface area contributed by atoms with E-state index in [9.17, 15) is 9.18 Å². The number of hydrogen-bond acceptors (Lipinski definition) is 3. The predicted octanol–water partition coefficient (Wildman–Crippen LogP) is 2.79. The summed E-state index contributed by atoms with van der Waals surface area (Å²) in [7, 11) is 0. The molecule has 1 heterocycles. The molecular weight excluding hydrogens is 275 g/mol. The van der Waals surface area contributed by atoms with Crippen LogP contribution in [0.3, 0.4) is 0 Å². The smallest absolute Gasteiger partial charge is 0.241 e. The van der Waals surface area contributed by atoms with E-state index < -0.39 is 0 Å². The Morgan fingerprint density at radius 2 is 2.25 bits per heavy atom. The third kappa shape index (κ3) is 3.33. The Hall–Kier alpha value is -1.07. The van der Waals surface area contributed by atoms with Gasteiger partial charge in [0.25, 0.3) is 0 Å². The van der Waals surface area contributed by atoms with Gasteiger partial charge in [-0.3, -0.25) is 10.1 Å². The summed E-state index contributed by atoms with van der Waals surface area (Å²) in [4.78, 5) is 14.2. The van der Waals surface area contributed by atoms with E-state index in [0.29, 0.717) is 6.54 Å². The van der Waals surface area contributed by atoms with E-state index in [-0.39, 0.29) is 23.9 Å². The summed E-state index contributed by atoms with van der Waals surface area (Å²) in [6.45, 7) is 2.70. The molecule has 1 aromatic rings. The molecule has 1 fully saturated rings. The number of hydrogen-bond donors (Lipinski definition) is 1. The van der Waals surface area contributed by atoms with Crippen LogP contribution in [0.5, 0.6) is 0 Å². The van der Waals surface area contributed by atoms with Crippen LogP contribution in [0.4, 0.5) is 4.39 Å². The molecule has 0 aromatic heterocycles. The van der Waals surface area contributed by atoms with Crippen molar-refractivity contribution in [2.75, 3.05) is 18.6 Å². The quantitative estimate of drug-likeness (QED) is 0.819. The second-order valence-corrected chi connectivity index (χ2v) is 5.95. The lowest BCUT2D eigenvalue weighted by Crippen LogP contribution is -2.32. The van der Waals surface area contributed by atoms with Crippen LogP contribution in [0.25, 0.3) is 0 Å². The van der Waals surface area contributed by atoms with E-state index in [1.807, 2.05) is 17.9 Å². The molecule has 1 amide bonds. The van der Waals surface area contributed by atoms with Gasteiger partial charge in [0.1, 0.15) is 12.0 Å². The van der Waals surface area contributed by atoms with Crippen molar-refractivity contribution >= 4 is 17.7 Å². The van der Waals surface area contributed by atoms with Gasteiger partial charge >= 0.3 is 0 Å². The summed E-state index contributed by atoms with van der Waals surface area (Å²) in [6, 6.07) is 6.34. The van der Waals surface area contributed by atoms with Crippen molar-refractivity contribution in [2.24, 2.45) is 0 Å². The van der Waals surface area contributed by atoms with E-state index in [1.54, 1.807) is 17.8 Å². The first-order valence-electron chi connectivity index (χ1n) is 6.98. The fraction of sp³-hybridized carbons (Fsp3) is 0.533. The van der Waals surface area contributed by atoms with Crippen molar-refractivity contribution in [1.29, 1.82) is 0 Å². The van der Waals surface area contributed by atoms with Gasteiger partial charge in [-0.15, -0.1) is 0 Å². The van der Waals surface area contributed by atoms with Gasteiger partial charge in [-0.05, 0) is 42.5 Å². The second-order valence-electron chi connectivity index (χ2n) is 4.96. The average Bonchev–Trinajstić information content (AvgIpc) is 2.76. The van der Waals surface area contributed by atoms with E-state index >= 15 is 0 Å². The molecule has 2 atom stereocenters. The average molecular weight is 296 g/mol. The molecule has 0 spiro atoms. The first-order chi connectivity index (χ1) is 9.67. The van der Waals surface area contributed by atoms with E-state index in [0.717, 1.165) is 24.2 Å². The highest BCUT2D eigenvalue weighted by molar-refractivity contribution is 7.98. The Kier molecular flexibility index (Phi) is 5.43. The van der Waals surface area contributed by atoms with Crippen molar-refractivity contribution in [2.45, 2.75) is 32.0 Å². The maximum atomic E-state index is 13.4. The first-order valence-corrected chi connectivity index (χ1v) is 8.37. The van der Waals surface area contributed by atoms with Crippen LogP contribution >= 0.6 is 11.8 Å². The monoisotopic (exact) mass is 296 g/mol. The van der Waals surface area contributed by atoms with E-state index in [4.69, 9.17) is 0 Å². The van der Waals surface area contributed by atoms with Crippen LogP contribution in [0.15, 0.2) is 24.3 Å². The van der Waals surface area contributed by atoms with Crippen LogP contribution in [-0.4, -0.2) is 35.4 Å². The Balaban J connectivity index is 2.17. The summed E-state index contributed by atoms with van der Waals surface area (Å²) in [6.07, 6.45) is 3.56. The zero-order valence-corrected chi connectivity index (χ0v) is 12.8. The van der Waals surface area contributed by atoms with Gasteiger partial charge in [-0.25, -0.2) is 4.39 Å². The SMILES string of the molecule is CCC1NC(c2cccc(F)c2)N(CCCSC)C1=O. The van der Waals surface area contributed by atoms with E-state index in [2.05, 4.69) is 11.6 Å². The molecule has 0 radical (unpaired) electrons. The normalized spacial score (nSPS) is 22.6. The molecule has 2 rings (SSSR count). The van der Waals surface area contributed by atoms with Crippen molar-refractivity contribution in [1.82, 2.24) is 10.2 Å². The molecule has 1 aliphatic rings. The largest absolute Gasteiger partial charge is 0.322 e. The van der Waals surface area contributed by atoms with Gasteiger partial charge in [0, 0.05) is 6.54 Å². The Morgan fingerprint density at radius 3 is 2.90 bits per heavy atom. The number of rotatable bonds is 6. The Morgan fingerprint density at radius 1 is 1.45 bits per heavy atom. The van der Waals surface area contributed by atoms with Gasteiger partial charge in [0.15, 0.2) is 0 Å². The summed E-state index contributed by atoms with van der Waals surface area (Å²) in [5.41, 5.74) is 0.818. The van der Waals surface area contributed by atoms with Gasteiger partial charge in [-0.2, -0.15) is 11.8 Å². The number of nitrogens with one attached hydrogen (secondary N) is 1. The standard InChI is InChI=1S/C15H21FN2OS/c1-3-13-15(19)18(8-5-9-20-2)14(17-13)11-6-4-7-12(16)10-11/h4,6-7,10,13-14,17H,3,5,8-9H2,1-2H3. The number of benzene rings is 1. The van der Waals surface area contributed by atoms with Crippen LogP contribution in [0, 0.1) is 5.82 Å². The molecule has 110 valence electrons. The van der Waals surface area contributed by atoms with Crippen LogP contribution in [-0.2, 0) is 4.79 Å².